The van der Waals surface area contributed by atoms with E-state index < -0.39 is 5.97 Å². The molecule has 1 fully saturated rings. The van der Waals surface area contributed by atoms with Gasteiger partial charge >= 0.3 is 5.97 Å². The molecular formula is C15H19NO4. The Morgan fingerprint density at radius 3 is 2.90 bits per heavy atom. The number of rotatable bonds is 3. The van der Waals surface area contributed by atoms with Gasteiger partial charge in [-0.05, 0) is 24.5 Å². The number of fused-ring (bicyclic) bond motifs is 1. The molecule has 108 valence electrons. The Morgan fingerprint density at radius 2 is 2.20 bits per heavy atom. The highest BCUT2D eigenvalue weighted by atomic mass is 16.6. The Labute approximate surface area is 117 Å². The summed E-state index contributed by atoms with van der Waals surface area (Å²) in [6.45, 7) is 3.76. The minimum absolute atomic E-state index is 0.0851. The molecule has 0 radical (unpaired) electrons. The molecule has 0 aliphatic carbocycles. The van der Waals surface area contributed by atoms with Crippen molar-refractivity contribution < 1.29 is 19.4 Å². The summed E-state index contributed by atoms with van der Waals surface area (Å²) in [5.41, 5.74) is 2.27. The largest absolute Gasteiger partial charge is 0.486 e. The first-order chi connectivity index (χ1) is 9.70. The number of hydrogen-bond donors (Lipinski definition) is 2. The molecule has 0 aromatic heterocycles. The number of ether oxygens (including phenoxy) is 2. The Morgan fingerprint density at radius 1 is 1.40 bits per heavy atom. The molecule has 2 aliphatic heterocycles. The van der Waals surface area contributed by atoms with Gasteiger partial charge in [0.25, 0.3) is 0 Å². The Hall–Kier alpha value is -1.75. The van der Waals surface area contributed by atoms with Crippen molar-refractivity contribution in [1.82, 2.24) is 5.32 Å². The molecule has 2 heterocycles. The van der Waals surface area contributed by atoms with Crippen LogP contribution in [0.1, 0.15) is 30.5 Å². The summed E-state index contributed by atoms with van der Waals surface area (Å²) in [6, 6.07) is 4.05. The van der Waals surface area contributed by atoms with E-state index in [4.69, 9.17) is 14.6 Å². The summed E-state index contributed by atoms with van der Waals surface area (Å²) >= 11 is 0. The van der Waals surface area contributed by atoms with E-state index in [0.29, 0.717) is 26.2 Å². The average Bonchev–Trinajstić information content (AvgIpc) is 2.95. The fraction of sp³-hybridized carbons (Fsp3) is 0.533. The lowest BCUT2D eigenvalue weighted by molar-refractivity contribution is -0.141. The van der Waals surface area contributed by atoms with Crippen molar-refractivity contribution in [3.63, 3.8) is 0 Å². The van der Waals surface area contributed by atoms with Crippen molar-refractivity contribution >= 4 is 5.97 Å². The van der Waals surface area contributed by atoms with Crippen molar-refractivity contribution in [3.05, 3.63) is 23.3 Å². The second-order valence-electron chi connectivity index (χ2n) is 5.24. The third-order valence-electron chi connectivity index (χ3n) is 4.06. The lowest BCUT2D eigenvalue weighted by atomic mass is 9.93. The van der Waals surface area contributed by atoms with Crippen molar-refractivity contribution in [1.29, 1.82) is 0 Å². The number of nitrogens with one attached hydrogen (secondary N) is 1. The van der Waals surface area contributed by atoms with E-state index in [1.54, 1.807) is 0 Å². The van der Waals surface area contributed by atoms with Crippen molar-refractivity contribution in [2.75, 3.05) is 19.8 Å². The standard InChI is InChI=1S/C15H19NO4/c1-2-10-11(12-7-9(8-16-12)15(17)18)3-4-13-14(10)20-6-5-19-13/h3-4,9,12,16H,2,5-8H2,1H3,(H,17,18). The van der Waals surface area contributed by atoms with Crippen LogP contribution in [0.4, 0.5) is 0 Å². The maximum atomic E-state index is 11.1. The number of carboxylic acids is 1. The van der Waals surface area contributed by atoms with E-state index in [2.05, 4.69) is 12.2 Å². The predicted molar refractivity (Wildman–Crippen MR) is 73.3 cm³/mol. The third-order valence-corrected chi connectivity index (χ3v) is 4.06. The zero-order valence-electron chi connectivity index (χ0n) is 11.5. The average molecular weight is 277 g/mol. The fourth-order valence-electron chi connectivity index (χ4n) is 3.04. The number of hydrogen-bond acceptors (Lipinski definition) is 4. The molecule has 2 N–H and O–H groups in total. The van der Waals surface area contributed by atoms with Crippen LogP contribution in [0.25, 0.3) is 0 Å². The van der Waals surface area contributed by atoms with Gasteiger partial charge in [0.2, 0.25) is 0 Å². The second-order valence-corrected chi connectivity index (χ2v) is 5.24. The molecule has 2 atom stereocenters. The lowest BCUT2D eigenvalue weighted by Crippen LogP contribution is -2.20. The van der Waals surface area contributed by atoms with Crippen LogP contribution in [0.15, 0.2) is 12.1 Å². The summed E-state index contributed by atoms with van der Waals surface area (Å²) in [5.74, 6) is 0.593. The molecule has 0 saturated carbocycles. The van der Waals surface area contributed by atoms with Crippen LogP contribution >= 0.6 is 0 Å². The zero-order chi connectivity index (χ0) is 14.1. The number of carboxylic acid groups (broad SMARTS) is 1. The van der Waals surface area contributed by atoms with Crippen molar-refractivity contribution in [3.8, 4) is 11.5 Å². The predicted octanol–water partition coefficient (Wildman–Crippen LogP) is 1.76. The molecule has 0 bridgehead atoms. The van der Waals surface area contributed by atoms with Gasteiger partial charge in [-0.15, -0.1) is 0 Å². The van der Waals surface area contributed by atoms with Crippen LogP contribution in [0.5, 0.6) is 11.5 Å². The molecule has 2 aliphatic rings. The van der Waals surface area contributed by atoms with Gasteiger partial charge in [0.15, 0.2) is 11.5 Å². The van der Waals surface area contributed by atoms with E-state index in [9.17, 15) is 4.79 Å². The molecule has 2 unspecified atom stereocenters. The van der Waals surface area contributed by atoms with E-state index in [0.717, 1.165) is 29.0 Å². The highest BCUT2D eigenvalue weighted by molar-refractivity contribution is 5.71. The molecule has 1 aromatic carbocycles. The van der Waals surface area contributed by atoms with Crippen LogP contribution in [0.3, 0.4) is 0 Å². The van der Waals surface area contributed by atoms with Gasteiger partial charge in [0.1, 0.15) is 13.2 Å². The molecule has 0 spiro atoms. The normalized spacial score (nSPS) is 24.6. The monoisotopic (exact) mass is 277 g/mol. The van der Waals surface area contributed by atoms with Crippen molar-refractivity contribution in [2.45, 2.75) is 25.8 Å². The summed E-state index contributed by atoms with van der Waals surface area (Å²) in [7, 11) is 0. The molecule has 0 amide bonds. The molecule has 1 saturated heterocycles. The van der Waals surface area contributed by atoms with E-state index in [1.165, 1.54) is 0 Å². The second kappa shape index (κ2) is 5.32. The van der Waals surface area contributed by atoms with Crippen molar-refractivity contribution in [2.24, 2.45) is 5.92 Å². The minimum atomic E-state index is -0.726. The topological polar surface area (TPSA) is 67.8 Å². The summed E-state index contributed by atoms with van der Waals surface area (Å²) in [5, 5.41) is 12.4. The molecule has 1 aromatic rings. The fourth-order valence-corrected chi connectivity index (χ4v) is 3.04. The smallest absolute Gasteiger partial charge is 0.307 e. The van der Waals surface area contributed by atoms with E-state index in [-0.39, 0.29) is 12.0 Å². The van der Waals surface area contributed by atoms with Crippen LogP contribution in [-0.2, 0) is 11.2 Å². The Balaban J connectivity index is 1.92. The van der Waals surface area contributed by atoms with Gasteiger partial charge in [-0.3, -0.25) is 4.79 Å². The summed E-state index contributed by atoms with van der Waals surface area (Å²) in [6.07, 6.45) is 1.47. The third kappa shape index (κ3) is 2.22. The quantitative estimate of drug-likeness (QED) is 0.881. The van der Waals surface area contributed by atoms with Gasteiger partial charge in [-0.25, -0.2) is 0 Å². The van der Waals surface area contributed by atoms with E-state index >= 15 is 0 Å². The number of benzene rings is 1. The highest BCUT2D eigenvalue weighted by Crippen LogP contribution is 2.40. The first-order valence-corrected chi connectivity index (χ1v) is 7.08. The maximum absolute atomic E-state index is 11.1. The van der Waals surface area contributed by atoms with E-state index in [1.807, 2.05) is 12.1 Å². The van der Waals surface area contributed by atoms with Crippen LogP contribution < -0.4 is 14.8 Å². The maximum Gasteiger partial charge on any atom is 0.307 e. The van der Waals surface area contributed by atoms with Gasteiger partial charge in [-0.1, -0.05) is 13.0 Å². The first-order valence-electron chi connectivity index (χ1n) is 7.08. The van der Waals surface area contributed by atoms with Gasteiger partial charge in [0.05, 0.1) is 5.92 Å². The molecule has 3 rings (SSSR count). The van der Waals surface area contributed by atoms with Gasteiger partial charge < -0.3 is 19.9 Å². The lowest BCUT2D eigenvalue weighted by Gasteiger charge is -2.24. The number of aliphatic carboxylic acids is 1. The SMILES string of the molecule is CCc1c(C2CC(C(=O)O)CN2)ccc2c1OCCO2. The van der Waals surface area contributed by atoms with Crippen LogP contribution in [0, 0.1) is 5.92 Å². The van der Waals surface area contributed by atoms with Gasteiger partial charge in [-0.2, -0.15) is 0 Å². The first kappa shape index (κ1) is 13.2. The molecule has 5 heteroatoms. The molecule has 20 heavy (non-hydrogen) atoms. The van der Waals surface area contributed by atoms with Crippen LogP contribution in [0.2, 0.25) is 0 Å². The molecular weight excluding hydrogens is 258 g/mol. The summed E-state index contributed by atoms with van der Waals surface area (Å²) in [4.78, 5) is 11.1. The number of carbonyl (C=O) groups is 1. The van der Waals surface area contributed by atoms with Crippen LogP contribution in [-0.4, -0.2) is 30.8 Å². The molecule has 5 nitrogen and oxygen atoms in total. The highest BCUT2D eigenvalue weighted by Gasteiger charge is 2.32. The summed E-state index contributed by atoms with van der Waals surface area (Å²) < 4.78 is 11.4. The Bertz CT molecular complexity index is 529. The van der Waals surface area contributed by atoms with Gasteiger partial charge in [0, 0.05) is 18.2 Å². The zero-order valence-corrected chi connectivity index (χ0v) is 11.5. The minimum Gasteiger partial charge on any atom is -0.486 e. The Kier molecular flexibility index (Phi) is 3.53.